The van der Waals surface area contributed by atoms with Crippen molar-refractivity contribution in [2.45, 2.75) is 32.2 Å². The van der Waals surface area contributed by atoms with Crippen molar-refractivity contribution in [3.05, 3.63) is 28.7 Å². The molecule has 1 amide bonds. The average Bonchev–Trinajstić information content (AvgIpc) is 3.25. The Morgan fingerprint density at radius 1 is 1.33 bits per heavy atom. The molecule has 1 aromatic rings. The van der Waals surface area contributed by atoms with Gasteiger partial charge in [-0.15, -0.1) is 0 Å². The van der Waals surface area contributed by atoms with Gasteiger partial charge < -0.3 is 16.0 Å². The van der Waals surface area contributed by atoms with Crippen molar-refractivity contribution < 1.29 is 4.79 Å². The van der Waals surface area contributed by atoms with E-state index in [0.29, 0.717) is 19.0 Å². The van der Waals surface area contributed by atoms with Gasteiger partial charge in [0.2, 0.25) is 5.91 Å². The van der Waals surface area contributed by atoms with Crippen LogP contribution in [-0.4, -0.2) is 31.0 Å². The fraction of sp³-hybridized carbons (Fsp3) is 0.467. The zero-order valence-electron chi connectivity index (χ0n) is 12.2. The lowest BCUT2D eigenvalue weighted by molar-refractivity contribution is -0.116. The number of carbonyl (C=O) groups is 1. The van der Waals surface area contributed by atoms with E-state index in [-0.39, 0.29) is 5.91 Å². The van der Waals surface area contributed by atoms with Crippen LogP contribution in [0.4, 0.5) is 5.69 Å². The number of nitrogens with one attached hydrogen (secondary N) is 3. The molecular weight excluding hydrogens is 332 g/mol. The van der Waals surface area contributed by atoms with Gasteiger partial charge in [-0.05, 0) is 44.0 Å². The van der Waals surface area contributed by atoms with Crippen molar-refractivity contribution in [3.8, 4) is 0 Å². The van der Waals surface area contributed by atoms with Gasteiger partial charge in [0.25, 0.3) is 0 Å². The lowest BCUT2D eigenvalue weighted by Crippen LogP contribution is -2.38. The molecule has 0 spiro atoms. The minimum atomic E-state index is -0.0247. The van der Waals surface area contributed by atoms with Crippen LogP contribution in [0.3, 0.4) is 0 Å². The third-order valence-corrected chi connectivity index (χ3v) is 3.53. The van der Waals surface area contributed by atoms with Gasteiger partial charge in [-0.25, -0.2) is 0 Å². The monoisotopic (exact) mass is 352 g/mol. The highest BCUT2D eigenvalue weighted by atomic mass is 79.9. The number of carbonyl (C=O) groups excluding carboxylic acids is 1. The molecule has 0 heterocycles. The molecule has 0 radical (unpaired) electrons. The zero-order chi connectivity index (χ0) is 15.1. The van der Waals surface area contributed by atoms with Crippen LogP contribution in [0, 0.1) is 0 Å². The maximum absolute atomic E-state index is 11.8. The number of amides is 1. The summed E-state index contributed by atoms with van der Waals surface area (Å²) in [6, 6.07) is 8.08. The van der Waals surface area contributed by atoms with E-state index in [2.05, 4.69) is 36.9 Å². The first-order valence-corrected chi connectivity index (χ1v) is 8.07. The molecule has 5 nitrogen and oxygen atoms in total. The summed E-state index contributed by atoms with van der Waals surface area (Å²) >= 11 is 3.36. The van der Waals surface area contributed by atoms with Crippen molar-refractivity contribution in [2.24, 2.45) is 4.99 Å². The second-order valence-electron chi connectivity index (χ2n) is 4.98. The Morgan fingerprint density at radius 2 is 2.05 bits per heavy atom. The summed E-state index contributed by atoms with van der Waals surface area (Å²) in [6.07, 6.45) is 2.78. The standard InChI is InChI=1S/C15H21BrN4O/c1-2-17-15(20-13-7-8-13)18-10-9-14(21)19-12-5-3-11(16)4-6-12/h3-6,13H,2,7-10H2,1H3,(H,19,21)(H2,17,18,20). The van der Waals surface area contributed by atoms with Gasteiger partial charge in [0.05, 0.1) is 6.54 Å². The molecule has 2 rings (SSSR count). The fourth-order valence-corrected chi connectivity index (χ4v) is 2.03. The minimum absolute atomic E-state index is 0.0247. The Hall–Kier alpha value is -1.56. The van der Waals surface area contributed by atoms with Crippen LogP contribution < -0.4 is 16.0 Å². The number of rotatable bonds is 6. The molecule has 0 saturated heterocycles. The summed E-state index contributed by atoms with van der Waals surface area (Å²) in [7, 11) is 0. The highest BCUT2D eigenvalue weighted by molar-refractivity contribution is 9.10. The quantitative estimate of drug-likeness (QED) is 0.544. The second kappa shape index (κ2) is 8.02. The highest BCUT2D eigenvalue weighted by Crippen LogP contribution is 2.18. The topological polar surface area (TPSA) is 65.5 Å². The predicted molar refractivity (Wildman–Crippen MR) is 89.5 cm³/mol. The van der Waals surface area contributed by atoms with Crippen molar-refractivity contribution in [3.63, 3.8) is 0 Å². The third-order valence-electron chi connectivity index (χ3n) is 3.00. The van der Waals surface area contributed by atoms with E-state index in [1.54, 1.807) is 0 Å². The summed E-state index contributed by atoms with van der Waals surface area (Å²) in [5.74, 6) is 0.778. The van der Waals surface area contributed by atoms with E-state index in [4.69, 9.17) is 0 Å². The first-order chi connectivity index (χ1) is 10.2. The molecule has 1 aliphatic rings. The molecule has 6 heteroatoms. The Bertz CT molecular complexity index is 497. The molecule has 0 unspecified atom stereocenters. The number of hydrogen-bond acceptors (Lipinski definition) is 2. The van der Waals surface area contributed by atoms with E-state index in [1.807, 2.05) is 31.2 Å². The average molecular weight is 353 g/mol. The van der Waals surface area contributed by atoms with E-state index >= 15 is 0 Å². The molecule has 114 valence electrons. The molecule has 1 saturated carbocycles. The number of aliphatic imine (C=N–C) groups is 1. The number of benzene rings is 1. The summed E-state index contributed by atoms with van der Waals surface area (Å²) in [5.41, 5.74) is 0.801. The smallest absolute Gasteiger partial charge is 0.226 e. The number of guanidine groups is 1. The number of nitrogens with zero attached hydrogens (tertiary/aromatic N) is 1. The van der Waals surface area contributed by atoms with E-state index in [9.17, 15) is 4.79 Å². The molecule has 0 aliphatic heterocycles. The van der Waals surface area contributed by atoms with Crippen LogP contribution in [-0.2, 0) is 4.79 Å². The Labute approximate surface area is 133 Å². The minimum Gasteiger partial charge on any atom is -0.357 e. The van der Waals surface area contributed by atoms with Crippen molar-refractivity contribution in [1.82, 2.24) is 10.6 Å². The van der Waals surface area contributed by atoms with Crippen molar-refractivity contribution in [1.29, 1.82) is 0 Å². The molecule has 1 aromatic carbocycles. The van der Waals surface area contributed by atoms with Crippen molar-refractivity contribution >= 4 is 33.5 Å². The van der Waals surface area contributed by atoms with Gasteiger partial charge in [0.1, 0.15) is 0 Å². The summed E-state index contributed by atoms with van der Waals surface area (Å²) in [6.45, 7) is 3.33. The van der Waals surface area contributed by atoms with Gasteiger partial charge in [0, 0.05) is 29.2 Å². The van der Waals surface area contributed by atoms with Crippen LogP contribution in [0.2, 0.25) is 0 Å². The molecule has 3 N–H and O–H groups in total. The van der Waals surface area contributed by atoms with Crippen LogP contribution in [0.5, 0.6) is 0 Å². The number of hydrogen-bond donors (Lipinski definition) is 3. The van der Waals surface area contributed by atoms with Gasteiger partial charge in [-0.1, -0.05) is 15.9 Å². The molecule has 1 fully saturated rings. The summed E-state index contributed by atoms with van der Waals surface area (Å²) in [4.78, 5) is 16.3. The Morgan fingerprint density at radius 3 is 2.67 bits per heavy atom. The van der Waals surface area contributed by atoms with Crippen LogP contribution in [0.15, 0.2) is 33.7 Å². The summed E-state index contributed by atoms with van der Waals surface area (Å²) < 4.78 is 0.992. The fourth-order valence-electron chi connectivity index (χ4n) is 1.77. The lowest BCUT2D eigenvalue weighted by Gasteiger charge is -2.10. The third kappa shape index (κ3) is 6.16. The van der Waals surface area contributed by atoms with E-state index in [0.717, 1.165) is 22.7 Å². The SMILES string of the molecule is CCNC(=NCCC(=O)Nc1ccc(Br)cc1)NC1CC1. The Kier molecular flexibility index (Phi) is 6.04. The number of anilines is 1. The maximum Gasteiger partial charge on any atom is 0.226 e. The van der Waals surface area contributed by atoms with Crippen molar-refractivity contribution in [2.75, 3.05) is 18.4 Å². The highest BCUT2D eigenvalue weighted by Gasteiger charge is 2.21. The first-order valence-electron chi connectivity index (χ1n) is 7.27. The molecule has 1 aliphatic carbocycles. The van der Waals surface area contributed by atoms with Crippen LogP contribution in [0.25, 0.3) is 0 Å². The first kappa shape index (κ1) is 15.8. The molecule has 0 aromatic heterocycles. The van der Waals surface area contributed by atoms with Crippen LogP contribution in [0.1, 0.15) is 26.2 Å². The predicted octanol–water partition coefficient (Wildman–Crippen LogP) is 2.50. The lowest BCUT2D eigenvalue weighted by atomic mass is 10.3. The van der Waals surface area contributed by atoms with Gasteiger partial charge in [-0.3, -0.25) is 9.79 Å². The molecule has 0 bridgehead atoms. The van der Waals surface area contributed by atoms with E-state index in [1.165, 1.54) is 12.8 Å². The molecular formula is C15H21BrN4O. The molecule has 0 atom stereocenters. The zero-order valence-corrected chi connectivity index (χ0v) is 13.7. The van der Waals surface area contributed by atoms with E-state index < -0.39 is 0 Å². The molecule has 21 heavy (non-hydrogen) atoms. The second-order valence-corrected chi connectivity index (χ2v) is 5.90. The van der Waals surface area contributed by atoms with Gasteiger partial charge in [0.15, 0.2) is 5.96 Å². The Balaban J connectivity index is 1.75. The number of halogens is 1. The van der Waals surface area contributed by atoms with Gasteiger partial charge >= 0.3 is 0 Å². The van der Waals surface area contributed by atoms with Crippen LogP contribution >= 0.6 is 15.9 Å². The van der Waals surface area contributed by atoms with Gasteiger partial charge in [-0.2, -0.15) is 0 Å². The normalized spacial score (nSPS) is 14.7. The largest absolute Gasteiger partial charge is 0.357 e. The maximum atomic E-state index is 11.8. The summed E-state index contributed by atoms with van der Waals surface area (Å²) in [5, 5.41) is 9.37.